The van der Waals surface area contributed by atoms with Gasteiger partial charge in [0, 0.05) is 26.7 Å². The number of amides is 1. The molecule has 0 aliphatic rings. The maximum absolute atomic E-state index is 12.9. The zero-order valence-corrected chi connectivity index (χ0v) is 16.3. The molecule has 2 rings (SSSR count). The lowest BCUT2D eigenvalue weighted by molar-refractivity contribution is -0.366. The van der Waals surface area contributed by atoms with Gasteiger partial charge in [-0.25, -0.2) is 13.4 Å². The number of hydrogen-bond acceptors (Lipinski definition) is 4. The lowest BCUT2D eigenvalue weighted by Gasteiger charge is -2.22. The zero-order valence-electron chi connectivity index (χ0n) is 15.5. The van der Waals surface area contributed by atoms with Gasteiger partial charge in [-0.2, -0.15) is 0 Å². The van der Waals surface area contributed by atoms with Gasteiger partial charge in [-0.1, -0.05) is 18.2 Å². The smallest absolute Gasteiger partial charge is 0.274 e. The number of nitrogens with one attached hydrogen (secondary N) is 1. The van der Waals surface area contributed by atoms with Crippen LogP contribution >= 0.6 is 0 Å². The molecule has 0 atom stereocenters. The van der Waals surface area contributed by atoms with E-state index in [0.29, 0.717) is 18.1 Å². The van der Waals surface area contributed by atoms with Crippen molar-refractivity contribution in [1.82, 2.24) is 4.90 Å². The third kappa shape index (κ3) is 4.32. The summed E-state index contributed by atoms with van der Waals surface area (Å²) in [6.45, 7) is 2.31. The summed E-state index contributed by atoms with van der Waals surface area (Å²) >= 11 is 0. The number of benzene rings is 1. The van der Waals surface area contributed by atoms with Gasteiger partial charge in [-0.15, -0.1) is 0 Å². The van der Waals surface area contributed by atoms with E-state index in [1.807, 2.05) is 6.07 Å². The number of para-hydroxylation sites is 1. The number of carbonyl (C=O) groups is 1. The van der Waals surface area contributed by atoms with E-state index < -0.39 is 10.0 Å². The van der Waals surface area contributed by atoms with Gasteiger partial charge in [-0.05, 0) is 25.1 Å². The fraction of sp³-hybridized carbons (Fsp3) is 0.333. The van der Waals surface area contributed by atoms with Crippen LogP contribution in [0.1, 0.15) is 6.92 Å². The molecule has 0 bridgehead atoms. The molecule has 1 amide bonds. The van der Waals surface area contributed by atoms with Gasteiger partial charge >= 0.3 is 0 Å². The summed E-state index contributed by atoms with van der Waals surface area (Å²) in [7, 11) is 1.48. The summed E-state index contributed by atoms with van der Waals surface area (Å²) in [5.74, 6) is 0.612. The van der Waals surface area contributed by atoms with Crippen LogP contribution in [0.5, 0.6) is 0 Å². The van der Waals surface area contributed by atoms with E-state index in [1.54, 1.807) is 69.4 Å². The minimum Gasteiger partial charge on any atom is -0.345 e. The number of hydrogen-bond donors (Lipinski definition) is 0. The molecule has 1 aromatic heterocycles. The van der Waals surface area contributed by atoms with Crippen molar-refractivity contribution in [3.05, 3.63) is 48.7 Å². The van der Waals surface area contributed by atoms with Crippen molar-refractivity contribution in [3.63, 3.8) is 0 Å². The fourth-order valence-corrected chi connectivity index (χ4v) is 3.88. The largest absolute Gasteiger partial charge is 0.345 e. The number of nitrogens with zero attached hydrogens (tertiary/aromatic N) is 3. The number of likely N-dealkylation sites (N-methyl/N-ethyl adjacent to an activating group) is 2. The highest BCUT2D eigenvalue weighted by Crippen LogP contribution is 2.22. The Bertz CT molecular complexity index is 836. The molecule has 140 valence electrons. The number of pyridine rings is 1. The summed E-state index contributed by atoms with van der Waals surface area (Å²) < 4.78 is 27.2. The molecule has 0 saturated carbocycles. The highest BCUT2D eigenvalue weighted by Gasteiger charge is 2.25. The second-order valence-corrected chi connectivity index (χ2v) is 7.92. The average Bonchev–Trinajstić information content (AvgIpc) is 2.63. The van der Waals surface area contributed by atoms with Gasteiger partial charge < -0.3 is 4.90 Å². The lowest BCUT2D eigenvalue weighted by atomic mass is 10.3. The van der Waals surface area contributed by atoms with Crippen molar-refractivity contribution >= 4 is 27.4 Å². The van der Waals surface area contributed by atoms with Crippen LogP contribution in [0.2, 0.25) is 0 Å². The van der Waals surface area contributed by atoms with Gasteiger partial charge in [0.2, 0.25) is 0 Å². The second kappa shape index (κ2) is 8.18. The van der Waals surface area contributed by atoms with Crippen LogP contribution in [0, 0.1) is 0 Å². The Morgan fingerprint density at radius 1 is 1.04 bits per heavy atom. The minimum absolute atomic E-state index is 0.0427. The fourth-order valence-electron chi connectivity index (χ4n) is 2.44. The Morgan fingerprint density at radius 3 is 2.19 bits per heavy atom. The molecule has 0 radical (unpaired) electrons. The van der Waals surface area contributed by atoms with Gasteiger partial charge in [0.1, 0.15) is 11.1 Å². The van der Waals surface area contributed by atoms with E-state index in [-0.39, 0.29) is 17.3 Å². The molecule has 0 fully saturated rings. The summed E-state index contributed by atoms with van der Waals surface area (Å²) in [4.78, 5) is 18.2. The molecule has 0 aliphatic heterocycles. The van der Waals surface area contributed by atoms with Gasteiger partial charge in [0.15, 0.2) is 6.54 Å². The number of carbonyl (C=O) groups excluding carboxylic acids is 1. The third-order valence-electron chi connectivity index (χ3n) is 3.97. The van der Waals surface area contributed by atoms with Crippen molar-refractivity contribution in [2.24, 2.45) is 0 Å². The number of aromatic nitrogens is 1. The quantitative estimate of drug-likeness (QED) is 0.728. The summed E-state index contributed by atoms with van der Waals surface area (Å²) in [5, 5.41) is 0. The molecule has 1 heterocycles. The molecule has 0 unspecified atom stereocenters. The second-order valence-electron chi connectivity index (χ2n) is 6.06. The normalized spacial score (nSPS) is 11.1. The third-order valence-corrected chi connectivity index (χ3v) is 5.87. The van der Waals surface area contributed by atoms with Crippen molar-refractivity contribution in [3.8, 4) is 0 Å². The van der Waals surface area contributed by atoms with Gasteiger partial charge in [0.05, 0.1) is 12.7 Å². The van der Waals surface area contributed by atoms with Crippen LogP contribution in [0.25, 0.3) is 0 Å². The highest BCUT2D eigenvalue weighted by molar-refractivity contribution is 7.92. The first-order valence-corrected chi connectivity index (χ1v) is 9.72. The molecule has 0 spiro atoms. The average molecular weight is 377 g/mol. The minimum atomic E-state index is -3.67. The first-order chi connectivity index (χ1) is 12.3. The summed E-state index contributed by atoms with van der Waals surface area (Å²) in [5.41, 5.74) is 0.618. The Kier molecular flexibility index (Phi) is 6.20. The molecule has 1 aromatic carbocycles. The van der Waals surface area contributed by atoms with Crippen LogP contribution < -0.4 is 14.2 Å². The SMILES string of the molecule is CCN(c1ccccc1)S(=O)(=O)c1ccc(N(C)CC(=O)N(C)C)[nH+]c1. The Balaban J connectivity index is 2.24. The van der Waals surface area contributed by atoms with Gasteiger partial charge in [0.25, 0.3) is 21.7 Å². The zero-order chi connectivity index (χ0) is 19.3. The number of rotatable bonds is 7. The molecular weight excluding hydrogens is 352 g/mol. The van der Waals surface area contributed by atoms with E-state index >= 15 is 0 Å². The van der Waals surface area contributed by atoms with Crippen LogP contribution in [0.15, 0.2) is 53.6 Å². The van der Waals surface area contributed by atoms with E-state index in [1.165, 1.54) is 15.4 Å². The highest BCUT2D eigenvalue weighted by atomic mass is 32.2. The molecule has 8 heteroatoms. The lowest BCUT2D eigenvalue weighted by Crippen LogP contribution is -2.37. The maximum Gasteiger partial charge on any atom is 0.274 e. The van der Waals surface area contributed by atoms with Crippen molar-refractivity contribution < 1.29 is 18.2 Å². The number of H-pyrrole nitrogens is 1. The Labute approximate surface area is 154 Å². The van der Waals surface area contributed by atoms with Crippen molar-refractivity contribution in [1.29, 1.82) is 0 Å². The topological polar surface area (TPSA) is 75.1 Å². The first-order valence-electron chi connectivity index (χ1n) is 8.28. The summed E-state index contributed by atoms with van der Waals surface area (Å²) in [6.07, 6.45) is 1.45. The number of sulfonamides is 1. The predicted molar refractivity (Wildman–Crippen MR) is 102 cm³/mol. The Hall–Kier alpha value is -2.61. The van der Waals surface area contributed by atoms with Crippen LogP contribution in [0.3, 0.4) is 0 Å². The standard InChI is InChI=1S/C18H24N4O3S/c1-5-22(15-9-7-6-8-10-15)26(24,25)16-11-12-17(19-13-16)21(4)14-18(23)20(2)3/h6-13H,5,14H2,1-4H3/p+1. The monoisotopic (exact) mass is 377 g/mol. The maximum atomic E-state index is 12.9. The van der Waals surface area contributed by atoms with E-state index in [2.05, 4.69) is 4.98 Å². The molecule has 26 heavy (non-hydrogen) atoms. The number of aromatic amines is 1. The summed E-state index contributed by atoms with van der Waals surface area (Å²) in [6, 6.07) is 12.2. The van der Waals surface area contributed by atoms with Crippen LogP contribution in [-0.2, 0) is 14.8 Å². The van der Waals surface area contributed by atoms with Crippen molar-refractivity contribution in [2.45, 2.75) is 11.8 Å². The molecule has 1 N–H and O–H groups in total. The van der Waals surface area contributed by atoms with Crippen LogP contribution in [0.4, 0.5) is 11.5 Å². The first kappa shape index (κ1) is 19.7. The predicted octanol–water partition coefficient (Wildman–Crippen LogP) is 1.24. The van der Waals surface area contributed by atoms with Crippen LogP contribution in [-0.4, -0.2) is 53.5 Å². The molecule has 0 saturated heterocycles. The van der Waals surface area contributed by atoms with E-state index in [9.17, 15) is 13.2 Å². The van der Waals surface area contributed by atoms with Gasteiger partial charge in [-0.3, -0.25) is 14.0 Å². The van der Waals surface area contributed by atoms with E-state index in [4.69, 9.17) is 0 Å². The molecule has 0 aliphatic carbocycles. The molecular formula is C18H25N4O3S+. The number of anilines is 2. The Morgan fingerprint density at radius 2 is 1.69 bits per heavy atom. The molecule has 7 nitrogen and oxygen atoms in total. The van der Waals surface area contributed by atoms with Crippen molar-refractivity contribution in [2.75, 3.05) is 43.4 Å². The van der Waals surface area contributed by atoms with E-state index in [0.717, 1.165) is 0 Å². The molecule has 2 aromatic rings.